The molecule has 0 saturated heterocycles. The van der Waals surface area contributed by atoms with Gasteiger partial charge in [-0.2, -0.15) is 0 Å². The molecule has 1 amide bonds. The molecule has 1 unspecified atom stereocenters. The maximum atomic E-state index is 12.0. The van der Waals surface area contributed by atoms with Crippen molar-refractivity contribution in [2.45, 2.75) is 4.90 Å². The standard InChI is InChI=1S/C14H15NO3S/c16-8-7-15-14(17)10-19(18)13-6-5-11-3-1-2-4-12(11)9-13/h1-6,9,16H,7-8,10H2,(H,15,17). The van der Waals surface area contributed by atoms with E-state index in [1.54, 1.807) is 6.07 Å². The number of fused-ring (bicyclic) bond motifs is 1. The van der Waals surface area contributed by atoms with E-state index in [0.717, 1.165) is 10.8 Å². The highest BCUT2D eigenvalue weighted by Crippen LogP contribution is 2.19. The van der Waals surface area contributed by atoms with Crippen LogP contribution in [0.1, 0.15) is 0 Å². The number of aliphatic hydroxyl groups is 1. The number of amides is 1. The highest BCUT2D eigenvalue weighted by molar-refractivity contribution is 7.92. The lowest BCUT2D eigenvalue weighted by molar-refractivity contribution is -0.118. The second-order valence-corrected chi connectivity index (χ2v) is 5.52. The van der Waals surface area contributed by atoms with Crippen molar-refractivity contribution in [3.05, 3.63) is 42.5 Å². The number of hydrogen-bond acceptors (Lipinski definition) is 3. The van der Waals surface area contributed by atoms with Crippen LogP contribution in [0, 0.1) is 0 Å². The number of benzene rings is 2. The predicted molar refractivity (Wildman–Crippen MR) is 75.3 cm³/mol. The Labute approximate surface area is 114 Å². The Hall–Kier alpha value is -1.56. The molecular formula is C14H15NO3S. The lowest BCUT2D eigenvalue weighted by Gasteiger charge is -2.11. The van der Waals surface area contributed by atoms with Gasteiger partial charge < -0.3 is 15.0 Å². The zero-order chi connectivity index (χ0) is 13.7. The second kappa shape index (κ2) is 6.56. The van der Waals surface area contributed by atoms with E-state index in [1.807, 2.05) is 36.4 Å². The van der Waals surface area contributed by atoms with Gasteiger partial charge in [0.05, 0.1) is 6.61 Å². The van der Waals surface area contributed by atoms with E-state index in [1.165, 1.54) is 0 Å². The van der Waals surface area contributed by atoms with E-state index in [-0.39, 0.29) is 24.8 Å². The quantitative estimate of drug-likeness (QED) is 0.803. The summed E-state index contributed by atoms with van der Waals surface area (Å²) in [6.07, 6.45) is 0. The van der Waals surface area contributed by atoms with Crippen LogP contribution in [0.15, 0.2) is 47.4 Å². The van der Waals surface area contributed by atoms with Crippen LogP contribution < -0.4 is 5.32 Å². The third-order valence-electron chi connectivity index (χ3n) is 2.68. The highest BCUT2D eigenvalue weighted by atomic mass is 32.2. The molecule has 0 saturated carbocycles. The minimum absolute atomic E-state index is 0.0850. The Morgan fingerprint density at radius 1 is 1.21 bits per heavy atom. The van der Waals surface area contributed by atoms with Gasteiger partial charge in [-0.05, 0) is 34.1 Å². The normalized spacial score (nSPS) is 12.3. The smallest absolute Gasteiger partial charge is 0.270 e. The average molecular weight is 277 g/mol. The molecule has 5 heteroatoms. The molecule has 0 fully saturated rings. The SMILES string of the molecule is O=C(C[S+]([O-])c1ccc2ccccc2c1)NCCO. The van der Waals surface area contributed by atoms with Crippen LogP contribution in [0.3, 0.4) is 0 Å². The first-order valence-electron chi connectivity index (χ1n) is 5.95. The molecule has 4 nitrogen and oxygen atoms in total. The Balaban J connectivity index is 2.08. The molecule has 0 aliphatic carbocycles. The van der Waals surface area contributed by atoms with Gasteiger partial charge in [0.25, 0.3) is 5.91 Å². The summed E-state index contributed by atoms with van der Waals surface area (Å²) in [6, 6.07) is 13.3. The third-order valence-corrected chi connectivity index (χ3v) is 3.98. The van der Waals surface area contributed by atoms with Crippen molar-refractivity contribution < 1.29 is 14.5 Å². The molecule has 1 atom stereocenters. The highest BCUT2D eigenvalue weighted by Gasteiger charge is 2.16. The van der Waals surface area contributed by atoms with E-state index >= 15 is 0 Å². The fourth-order valence-corrected chi connectivity index (χ4v) is 2.74. The number of nitrogens with one attached hydrogen (secondary N) is 1. The Morgan fingerprint density at radius 3 is 2.68 bits per heavy atom. The second-order valence-electron chi connectivity index (χ2n) is 4.07. The molecule has 0 spiro atoms. The van der Waals surface area contributed by atoms with Crippen molar-refractivity contribution in [3.8, 4) is 0 Å². The number of hydrogen-bond donors (Lipinski definition) is 2. The average Bonchev–Trinajstić information content (AvgIpc) is 2.44. The number of carbonyl (C=O) groups is 1. The Morgan fingerprint density at radius 2 is 1.95 bits per heavy atom. The van der Waals surface area contributed by atoms with Gasteiger partial charge in [0.1, 0.15) is 0 Å². The summed E-state index contributed by atoms with van der Waals surface area (Å²) in [6.45, 7) is 0.0715. The van der Waals surface area contributed by atoms with Crippen molar-refractivity contribution in [1.82, 2.24) is 5.32 Å². The van der Waals surface area contributed by atoms with Gasteiger partial charge >= 0.3 is 0 Å². The molecule has 0 aliphatic rings. The van der Waals surface area contributed by atoms with Crippen molar-refractivity contribution in [3.63, 3.8) is 0 Å². The van der Waals surface area contributed by atoms with E-state index in [0.29, 0.717) is 4.90 Å². The van der Waals surface area contributed by atoms with Gasteiger partial charge in [0.2, 0.25) is 0 Å². The van der Waals surface area contributed by atoms with Crippen LogP contribution in [-0.2, 0) is 16.0 Å². The molecule has 2 aromatic carbocycles. The fourth-order valence-electron chi connectivity index (χ4n) is 1.76. The van der Waals surface area contributed by atoms with E-state index in [4.69, 9.17) is 5.11 Å². The first kappa shape index (κ1) is 13.9. The van der Waals surface area contributed by atoms with Crippen molar-refractivity contribution in [2.24, 2.45) is 0 Å². The van der Waals surface area contributed by atoms with Gasteiger partial charge in [-0.1, -0.05) is 24.3 Å². The number of aliphatic hydroxyl groups excluding tert-OH is 1. The monoisotopic (exact) mass is 277 g/mol. The summed E-state index contributed by atoms with van der Waals surface area (Å²) >= 11 is -1.37. The molecule has 2 N–H and O–H groups in total. The third kappa shape index (κ3) is 3.70. The van der Waals surface area contributed by atoms with E-state index in [2.05, 4.69) is 5.32 Å². The molecule has 100 valence electrons. The molecular weight excluding hydrogens is 262 g/mol. The first-order valence-corrected chi connectivity index (χ1v) is 7.27. The van der Waals surface area contributed by atoms with E-state index in [9.17, 15) is 9.35 Å². The summed E-state index contributed by atoms with van der Waals surface area (Å²) in [5.41, 5.74) is 0. The molecule has 2 rings (SSSR count). The van der Waals surface area contributed by atoms with Crippen molar-refractivity contribution in [1.29, 1.82) is 0 Å². The Bertz CT molecular complexity index is 573. The molecule has 0 bridgehead atoms. The summed E-state index contributed by atoms with van der Waals surface area (Å²) < 4.78 is 12.0. The largest absolute Gasteiger partial charge is 0.611 e. The summed E-state index contributed by atoms with van der Waals surface area (Å²) in [4.78, 5) is 12.1. The lowest BCUT2D eigenvalue weighted by Crippen LogP contribution is -2.32. The fraction of sp³-hybridized carbons (Fsp3) is 0.214. The predicted octanol–water partition coefficient (Wildman–Crippen LogP) is 1.06. The molecule has 19 heavy (non-hydrogen) atoms. The van der Waals surface area contributed by atoms with Crippen LogP contribution in [0.4, 0.5) is 0 Å². The Kier molecular flexibility index (Phi) is 4.79. The molecule has 0 radical (unpaired) electrons. The zero-order valence-electron chi connectivity index (χ0n) is 10.3. The molecule has 0 aliphatic heterocycles. The maximum Gasteiger partial charge on any atom is 0.270 e. The number of rotatable bonds is 5. The van der Waals surface area contributed by atoms with Crippen molar-refractivity contribution in [2.75, 3.05) is 18.9 Å². The summed E-state index contributed by atoms with van der Waals surface area (Å²) in [5.74, 6) is -0.404. The van der Waals surface area contributed by atoms with Gasteiger partial charge in [0, 0.05) is 12.6 Å². The van der Waals surface area contributed by atoms with Crippen LogP contribution in [0.2, 0.25) is 0 Å². The van der Waals surface area contributed by atoms with Gasteiger partial charge in [-0.3, -0.25) is 4.79 Å². The van der Waals surface area contributed by atoms with Crippen LogP contribution >= 0.6 is 0 Å². The molecule has 0 aromatic heterocycles. The minimum atomic E-state index is -1.37. The van der Waals surface area contributed by atoms with Gasteiger partial charge in [0.15, 0.2) is 10.6 Å². The van der Waals surface area contributed by atoms with Crippen LogP contribution in [-0.4, -0.2) is 34.5 Å². The number of carbonyl (C=O) groups excluding carboxylic acids is 1. The summed E-state index contributed by atoms with van der Waals surface area (Å²) in [7, 11) is 0. The van der Waals surface area contributed by atoms with Gasteiger partial charge in [-0.15, -0.1) is 0 Å². The lowest BCUT2D eigenvalue weighted by atomic mass is 10.1. The molecule has 2 aromatic rings. The first-order chi connectivity index (χ1) is 9.20. The molecule has 0 heterocycles. The maximum absolute atomic E-state index is 12.0. The topological polar surface area (TPSA) is 72.4 Å². The van der Waals surface area contributed by atoms with Crippen LogP contribution in [0.25, 0.3) is 10.8 Å². The minimum Gasteiger partial charge on any atom is -0.611 e. The van der Waals surface area contributed by atoms with E-state index < -0.39 is 11.2 Å². The van der Waals surface area contributed by atoms with Gasteiger partial charge in [-0.25, -0.2) is 0 Å². The van der Waals surface area contributed by atoms with Crippen LogP contribution in [0.5, 0.6) is 0 Å². The zero-order valence-corrected chi connectivity index (χ0v) is 11.2. The van der Waals surface area contributed by atoms with Crippen molar-refractivity contribution >= 4 is 27.9 Å². The summed E-state index contributed by atoms with van der Waals surface area (Å²) in [5, 5.41) is 13.2.